The molecule has 1 aromatic rings. The van der Waals surface area contributed by atoms with Crippen LogP contribution < -0.4 is 0 Å². The lowest BCUT2D eigenvalue weighted by Crippen LogP contribution is -2.53. The minimum absolute atomic E-state index is 0.0153. The summed E-state index contributed by atoms with van der Waals surface area (Å²) in [6, 6.07) is 5.32. The van der Waals surface area contributed by atoms with Crippen LogP contribution in [0.3, 0.4) is 0 Å². The highest BCUT2D eigenvalue weighted by Gasteiger charge is 2.39. The second-order valence-electron chi connectivity index (χ2n) is 6.26. The number of carbonyl (C=O) groups is 1. The molecule has 4 nitrogen and oxygen atoms in total. The van der Waals surface area contributed by atoms with Crippen molar-refractivity contribution in [1.29, 1.82) is 0 Å². The van der Waals surface area contributed by atoms with Gasteiger partial charge in [0.2, 0.25) is 0 Å². The van der Waals surface area contributed by atoms with E-state index in [1.54, 1.807) is 12.1 Å². The number of benzene rings is 1. The van der Waals surface area contributed by atoms with Crippen molar-refractivity contribution >= 4 is 17.5 Å². The average Bonchev–Trinajstić information content (AvgIpc) is 2.93. The molecule has 0 aromatic heterocycles. The van der Waals surface area contributed by atoms with E-state index < -0.39 is 0 Å². The number of nitrogens with zero attached hydrogens (tertiary/aromatic N) is 1. The standard InChI is InChI=1S/C17H22ClNO3/c1-11-9-12(18)5-6-13(11)17(21)19-7-8-22-10-15(19)14-3-2-4-16(14)20/h5-6,9,14-16,20H,2-4,7-8,10H2,1H3/t14-,15-,16-/m1/s1. The van der Waals surface area contributed by atoms with E-state index in [2.05, 4.69) is 0 Å². The Hall–Kier alpha value is -1.10. The fourth-order valence-electron chi connectivity index (χ4n) is 3.67. The van der Waals surface area contributed by atoms with Crippen molar-refractivity contribution in [1.82, 2.24) is 4.90 Å². The fourth-order valence-corrected chi connectivity index (χ4v) is 3.90. The molecule has 0 radical (unpaired) electrons. The van der Waals surface area contributed by atoms with Crippen molar-refractivity contribution < 1.29 is 14.6 Å². The van der Waals surface area contributed by atoms with E-state index in [1.807, 2.05) is 17.9 Å². The number of hydrogen-bond donors (Lipinski definition) is 1. The van der Waals surface area contributed by atoms with Gasteiger partial charge in [0.25, 0.3) is 5.91 Å². The molecular weight excluding hydrogens is 302 g/mol. The molecule has 5 heteroatoms. The fraction of sp³-hybridized carbons (Fsp3) is 0.588. The predicted octanol–water partition coefficient (Wildman–Crippen LogP) is 2.65. The van der Waals surface area contributed by atoms with Crippen LogP contribution in [0.1, 0.15) is 35.2 Å². The van der Waals surface area contributed by atoms with E-state index in [-0.39, 0.29) is 24.0 Å². The molecule has 1 amide bonds. The van der Waals surface area contributed by atoms with Gasteiger partial charge in [0.05, 0.1) is 25.4 Å². The lowest BCUT2D eigenvalue weighted by atomic mass is 9.93. The van der Waals surface area contributed by atoms with Crippen LogP contribution >= 0.6 is 11.6 Å². The number of aliphatic hydroxyl groups is 1. The number of aryl methyl sites for hydroxylation is 1. The number of ether oxygens (including phenoxy) is 1. The molecule has 2 aliphatic rings. The van der Waals surface area contributed by atoms with Crippen LogP contribution in [0.5, 0.6) is 0 Å². The summed E-state index contributed by atoms with van der Waals surface area (Å²) in [5, 5.41) is 10.8. The Morgan fingerprint density at radius 2 is 2.23 bits per heavy atom. The molecule has 0 unspecified atom stereocenters. The van der Waals surface area contributed by atoms with E-state index in [1.165, 1.54) is 0 Å². The van der Waals surface area contributed by atoms with Gasteiger partial charge in [0.15, 0.2) is 0 Å². The maximum absolute atomic E-state index is 13.0. The molecule has 120 valence electrons. The highest BCUT2D eigenvalue weighted by Crippen LogP contribution is 2.33. The number of hydrogen-bond acceptors (Lipinski definition) is 3. The molecule has 1 aromatic carbocycles. The quantitative estimate of drug-likeness (QED) is 0.910. The summed E-state index contributed by atoms with van der Waals surface area (Å²) in [6.07, 6.45) is 2.47. The number of rotatable bonds is 2. The minimum atomic E-state index is -0.326. The third-order valence-electron chi connectivity index (χ3n) is 4.87. The molecule has 1 aliphatic carbocycles. The van der Waals surface area contributed by atoms with E-state index >= 15 is 0 Å². The SMILES string of the molecule is Cc1cc(Cl)ccc1C(=O)N1CCOC[C@@H]1[C@H]1CCC[C@H]1O. The van der Waals surface area contributed by atoms with Crippen molar-refractivity contribution in [3.63, 3.8) is 0 Å². The number of aliphatic hydroxyl groups excluding tert-OH is 1. The van der Waals surface area contributed by atoms with Crippen LogP contribution in [-0.4, -0.2) is 47.8 Å². The molecule has 2 fully saturated rings. The molecule has 0 bridgehead atoms. The third kappa shape index (κ3) is 3.00. The Kier molecular flexibility index (Phi) is 4.71. The molecule has 22 heavy (non-hydrogen) atoms. The molecule has 1 saturated heterocycles. The maximum Gasteiger partial charge on any atom is 0.254 e. The maximum atomic E-state index is 13.0. The largest absolute Gasteiger partial charge is 0.393 e. The van der Waals surface area contributed by atoms with Gasteiger partial charge < -0.3 is 14.7 Å². The van der Waals surface area contributed by atoms with Crippen molar-refractivity contribution in [2.24, 2.45) is 5.92 Å². The van der Waals surface area contributed by atoms with Crippen LogP contribution in [0.2, 0.25) is 5.02 Å². The second-order valence-corrected chi connectivity index (χ2v) is 6.70. The molecule has 3 rings (SSSR count). The summed E-state index contributed by atoms with van der Waals surface area (Å²) in [7, 11) is 0. The molecule has 3 atom stereocenters. The first-order chi connectivity index (χ1) is 10.6. The Balaban J connectivity index is 1.85. The molecule has 1 N–H and O–H groups in total. The lowest BCUT2D eigenvalue weighted by molar-refractivity contribution is -0.0383. The van der Waals surface area contributed by atoms with Gasteiger partial charge in [-0.25, -0.2) is 0 Å². The van der Waals surface area contributed by atoms with Gasteiger partial charge in [-0.3, -0.25) is 4.79 Å². The number of amides is 1. The number of morpholine rings is 1. The van der Waals surface area contributed by atoms with Crippen molar-refractivity contribution in [3.05, 3.63) is 34.3 Å². The third-order valence-corrected chi connectivity index (χ3v) is 5.11. The van der Waals surface area contributed by atoms with Crippen LogP contribution in [0.4, 0.5) is 0 Å². The zero-order valence-corrected chi connectivity index (χ0v) is 13.6. The summed E-state index contributed by atoms with van der Waals surface area (Å²) >= 11 is 5.98. The first-order valence-corrected chi connectivity index (χ1v) is 8.28. The number of halogens is 1. The summed E-state index contributed by atoms with van der Waals surface area (Å²) in [6.45, 7) is 3.55. The normalized spacial score (nSPS) is 28.9. The van der Waals surface area contributed by atoms with Crippen molar-refractivity contribution in [2.75, 3.05) is 19.8 Å². The van der Waals surface area contributed by atoms with Gasteiger partial charge >= 0.3 is 0 Å². The van der Waals surface area contributed by atoms with Gasteiger partial charge in [-0.2, -0.15) is 0 Å². The monoisotopic (exact) mass is 323 g/mol. The van der Waals surface area contributed by atoms with Crippen molar-refractivity contribution in [2.45, 2.75) is 38.3 Å². The zero-order valence-electron chi connectivity index (χ0n) is 12.8. The first-order valence-electron chi connectivity index (χ1n) is 7.91. The Morgan fingerprint density at radius 3 is 2.91 bits per heavy atom. The zero-order chi connectivity index (χ0) is 15.7. The van der Waals surface area contributed by atoms with Crippen LogP contribution in [-0.2, 0) is 4.74 Å². The molecule has 0 spiro atoms. The smallest absolute Gasteiger partial charge is 0.254 e. The minimum Gasteiger partial charge on any atom is -0.393 e. The lowest BCUT2D eigenvalue weighted by Gasteiger charge is -2.40. The second kappa shape index (κ2) is 6.57. The van der Waals surface area contributed by atoms with Crippen LogP contribution in [0.15, 0.2) is 18.2 Å². The summed E-state index contributed by atoms with van der Waals surface area (Å²) in [5.41, 5.74) is 1.57. The average molecular weight is 324 g/mol. The van der Waals surface area contributed by atoms with Crippen molar-refractivity contribution in [3.8, 4) is 0 Å². The molecule has 1 saturated carbocycles. The topological polar surface area (TPSA) is 49.8 Å². The van der Waals surface area contributed by atoms with Gasteiger partial charge in [0.1, 0.15) is 0 Å². The Morgan fingerprint density at radius 1 is 1.41 bits per heavy atom. The molecular formula is C17H22ClNO3. The number of carbonyl (C=O) groups excluding carboxylic acids is 1. The summed E-state index contributed by atoms with van der Waals surface area (Å²) in [4.78, 5) is 14.8. The van der Waals surface area contributed by atoms with Gasteiger partial charge in [-0.05, 0) is 43.5 Å². The Labute approximate surface area is 136 Å². The highest BCUT2D eigenvalue weighted by molar-refractivity contribution is 6.30. The molecule has 1 heterocycles. The van der Waals surface area contributed by atoms with Crippen LogP contribution in [0, 0.1) is 12.8 Å². The van der Waals surface area contributed by atoms with Gasteiger partial charge in [-0.1, -0.05) is 18.0 Å². The van der Waals surface area contributed by atoms with E-state index in [0.717, 1.165) is 24.8 Å². The summed E-state index contributed by atoms with van der Waals surface area (Å²) in [5.74, 6) is 0.137. The van der Waals surface area contributed by atoms with Gasteiger partial charge in [0, 0.05) is 23.0 Å². The van der Waals surface area contributed by atoms with E-state index in [4.69, 9.17) is 16.3 Å². The van der Waals surface area contributed by atoms with Crippen LogP contribution in [0.25, 0.3) is 0 Å². The van der Waals surface area contributed by atoms with Gasteiger partial charge in [-0.15, -0.1) is 0 Å². The summed E-state index contributed by atoms with van der Waals surface area (Å²) < 4.78 is 5.58. The first kappa shape index (κ1) is 15.8. The van der Waals surface area contributed by atoms with E-state index in [9.17, 15) is 9.90 Å². The highest BCUT2D eigenvalue weighted by atomic mass is 35.5. The predicted molar refractivity (Wildman–Crippen MR) is 85.2 cm³/mol. The molecule has 1 aliphatic heterocycles. The Bertz CT molecular complexity index is 563. The van der Waals surface area contributed by atoms with E-state index in [0.29, 0.717) is 30.3 Å².